The topological polar surface area (TPSA) is 99.7 Å². The fourth-order valence-electron chi connectivity index (χ4n) is 3.37. The van der Waals surface area contributed by atoms with Gasteiger partial charge in [0, 0.05) is 23.5 Å². The van der Waals surface area contributed by atoms with Gasteiger partial charge in [-0.25, -0.2) is 14.3 Å². The van der Waals surface area contributed by atoms with E-state index in [9.17, 15) is 23.6 Å². The number of amides is 4. The predicted octanol–water partition coefficient (Wildman–Crippen LogP) is 2.34. The predicted molar refractivity (Wildman–Crippen MR) is 112 cm³/mol. The van der Waals surface area contributed by atoms with Crippen LogP contribution < -0.4 is 10.3 Å². The highest BCUT2D eigenvalue weighted by Crippen LogP contribution is 2.26. The molecule has 3 aromatic rings. The zero-order valence-electron chi connectivity index (χ0n) is 16.6. The van der Waals surface area contributed by atoms with E-state index in [0.717, 1.165) is 16.0 Å². The minimum atomic E-state index is -1.30. The van der Waals surface area contributed by atoms with Gasteiger partial charge >= 0.3 is 0 Å². The molecule has 8 nitrogen and oxygen atoms in total. The highest BCUT2D eigenvalue weighted by Gasteiger charge is 2.45. The molecule has 1 atom stereocenters. The van der Waals surface area contributed by atoms with Gasteiger partial charge in [-0.2, -0.15) is 0 Å². The molecule has 4 amide bonds. The third-order valence-corrected chi connectivity index (χ3v) is 4.90. The van der Waals surface area contributed by atoms with E-state index >= 15 is 0 Å². The van der Waals surface area contributed by atoms with E-state index in [2.05, 4.69) is 10.4 Å². The van der Waals surface area contributed by atoms with Gasteiger partial charge in [0.05, 0.1) is 12.1 Å². The number of hydrogen-bond donors (Lipinski definition) is 1. The molecule has 0 radical (unpaired) electrons. The fourth-order valence-corrected chi connectivity index (χ4v) is 3.37. The Morgan fingerprint density at radius 2 is 1.69 bits per heavy atom. The molecule has 0 spiro atoms. The highest BCUT2D eigenvalue weighted by atomic mass is 19.1. The van der Waals surface area contributed by atoms with Crippen LogP contribution in [-0.4, -0.2) is 39.7 Å². The number of aromatic nitrogens is 1. The summed E-state index contributed by atoms with van der Waals surface area (Å²) in [4.78, 5) is 56.4. The summed E-state index contributed by atoms with van der Waals surface area (Å²) < 4.78 is 13.7. The molecule has 0 bridgehead atoms. The van der Waals surface area contributed by atoms with E-state index in [1.807, 2.05) is 0 Å². The summed E-state index contributed by atoms with van der Waals surface area (Å²) in [5.74, 6) is -3.30. The Kier molecular flexibility index (Phi) is 5.71. The standard InChI is InChI=1S/C23H17FN4O4/c24-17-7-4-8-18(13-17)27-20(29)14-19(23(27)32)28(22(31)16-5-2-1-3-6-16)26-21(30)15-9-11-25-12-10-15/h1-13,19H,14H2,(H,26,30). The first-order valence-corrected chi connectivity index (χ1v) is 9.67. The first-order chi connectivity index (χ1) is 15.5. The Morgan fingerprint density at radius 3 is 2.38 bits per heavy atom. The maximum absolute atomic E-state index is 13.7. The van der Waals surface area contributed by atoms with Crippen LogP contribution in [0.3, 0.4) is 0 Å². The van der Waals surface area contributed by atoms with Crippen molar-refractivity contribution >= 4 is 29.3 Å². The van der Waals surface area contributed by atoms with Crippen LogP contribution in [0.4, 0.5) is 10.1 Å². The van der Waals surface area contributed by atoms with Crippen LogP contribution in [0.25, 0.3) is 0 Å². The lowest BCUT2D eigenvalue weighted by molar-refractivity contribution is -0.122. The second-order valence-corrected chi connectivity index (χ2v) is 6.99. The number of pyridine rings is 1. The number of benzene rings is 2. The van der Waals surface area contributed by atoms with E-state index in [1.54, 1.807) is 18.2 Å². The van der Waals surface area contributed by atoms with E-state index < -0.39 is 35.5 Å². The molecule has 1 unspecified atom stereocenters. The Morgan fingerprint density at radius 1 is 0.969 bits per heavy atom. The lowest BCUT2D eigenvalue weighted by Gasteiger charge is -2.28. The van der Waals surface area contributed by atoms with Crippen LogP contribution in [0.2, 0.25) is 0 Å². The molecule has 1 fully saturated rings. The smallest absolute Gasteiger partial charge is 0.273 e. The van der Waals surface area contributed by atoms with Gasteiger partial charge in [0.2, 0.25) is 5.91 Å². The van der Waals surface area contributed by atoms with Crippen molar-refractivity contribution in [2.75, 3.05) is 4.90 Å². The Balaban J connectivity index is 1.68. The molecule has 2 heterocycles. The second-order valence-electron chi connectivity index (χ2n) is 6.99. The van der Waals surface area contributed by atoms with Gasteiger partial charge in [-0.1, -0.05) is 24.3 Å². The summed E-state index contributed by atoms with van der Waals surface area (Å²) in [5, 5.41) is 0.859. The van der Waals surface area contributed by atoms with Crippen molar-refractivity contribution in [3.8, 4) is 0 Å². The van der Waals surface area contributed by atoms with Crippen LogP contribution in [-0.2, 0) is 9.59 Å². The average molecular weight is 432 g/mol. The number of nitrogens with one attached hydrogen (secondary N) is 1. The minimum absolute atomic E-state index is 0.0510. The first kappa shape index (κ1) is 20.9. The Hall–Kier alpha value is -4.40. The number of nitrogens with zero attached hydrogens (tertiary/aromatic N) is 3. The maximum Gasteiger partial charge on any atom is 0.273 e. The maximum atomic E-state index is 13.7. The monoisotopic (exact) mass is 432 g/mol. The summed E-state index contributed by atoms with van der Waals surface area (Å²) in [6.07, 6.45) is 2.45. The zero-order valence-corrected chi connectivity index (χ0v) is 16.6. The second kappa shape index (κ2) is 8.76. The molecule has 1 aliphatic rings. The summed E-state index contributed by atoms with van der Waals surface area (Å²) in [5.41, 5.74) is 2.93. The molecule has 9 heteroatoms. The largest absolute Gasteiger partial charge is 0.274 e. The number of imide groups is 1. The van der Waals surface area contributed by atoms with Gasteiger partial charge < -0.3 is 0 Å². The van der Waals surface area contributed by atoms with Gasteiger partial charge in [-0.15, -0.1) is 0 Å². The highest BCUT2D eigenvalue weighted by molar-refractivity contribution is 6.23. The third kappa shape index (κ3) is 4.08. The molecule has 1 aromatic heterocycles. The molecule has 0 aliphatic carbocycles. The van der Waals surface area contributed by atoms with Gasteiger partial charge in [0.1, 0.15) is 11.9 Å². The summed E-state index contributed by atoms with van der Waals surface area (Å²) in [6, 6.07) is 14.7. The number of anilines is 1. The van der Waals surface area contributed by atoms with E-state index in [0.29, 0.717) is 0 Å². The molecule has 4 rings (SSSR count). The van der Waals surface area contributed by atoms with Crippen molar-refractivity contribution in [3.05, 3.63) is 96.1 Å². The number of halogens is 1. The molecule has 1 aliphatic heterocycles. The van der Waals surface area contributed by atoms with Gasteiger partial charge in [-0.05, 0) is 42.5 Å². The van der Waals surface area contributed by atoms with E-state index in [-0.39, 0.29) is 23.2 Å². The van der Waals surface area contributed by atoms with Crippen LogP contribution in [0.15, 0.2) is 79.1 Å². The number of hydrazine groups is 1. The fraction of sp³-hybridized carbons (Fsp3) is 0.0870. The number of hydrogen-bond acceptors (Lipinski definition) is 5. The average Bonchev–Trinajstić information content (AvgIpc) is 3.11. The summed E-state index contributed by atoms with van der Waals surface area (Å²) in [6.45, 7) is 0. The summed E-state index contributed by atoms with van der Waals surface area (Å²) >= 11 is 0. The quantitative estimate of drug-likeness (QED) is 0.504. The van der Waals surface area contributed by atoms with Gasteiger partial charge in [0.25, 0.3) is 17.7 Å². The molecule has 2 aromatic carbocycles. The minimum Gasteiger partial charge on any atom is -0.274 e. The molecular formula is C23H17FN4O4. The van der Waals surface area contributed by atoms with Crippen LogP contribution in [0.5, 0.6) is 0 Å². The molecule has 32 heavy (non-hydrogen) atoms. The van der Waals surface area contributed by atoms with Crippen LogP contribution in [0.1, 0.15) is 27.1 Å². The van der Waals surface area contributed by atoms with Crippen molar-refractivity contribution in [3.63, 3.8) is 0 Å². The number of rotatable bonds is 4. The Labute approximate surface area is 182 Å². The number of carbonyl (C=O) groups excluding carboxylic acids is 4. The van der Waals surface area contributed by atoms with Gasteiger partial charge in [-0.3, -0.25) is 29.6 Å². The lowest BCUT2D eigenvalue weighted by Crippen LogP contribution is -2.54. The van der Waals surface area contributed by atoms with Gasteiger partial charge in [0.15, 0.2) is 0 Å². The van der Waals surface area contributed by atoms with Crippen LogP contribution >= 0.6 is 0 Å². The van der Waals surface area contributed by atoms with Crippen molar-refractivity contribution in [2.24, 2.45) is 0 Å². The first-order valence-electron chi connectivity index (χ1n) is 9.67. The zero-order chi connectivity index (χ0) is 22.7. The van der Waals surface area contributed by atoms with E-state index in [4.69, 9.17) is 0 Å². The molecule has 1 N–H and O–H groups in total. The Bertz CT molecular complexity index is 1190. The van der Waals surface area contributed by atoms with Crippen molar-refractivity contribution in [1.82, 2.24) is 15.4 Å². The van der Waals surface area contributed by atoms with Crippen LogP contribution in [0, 0.1) is 5.82 Å². The van der Waals surface area contributed by atoms with Crippen molar-refractivity contribution in [1.29, 1.82) is 0 Å². The lowest BCUT2D eigenvalue weighted by atomic mass is 10.1. The van der Waals surface area contributed by atoms with Crippen molar-refractivity contribution < 1.29 is 23.6 Å². The third-order valence-electron chi connectivity index (χ3n) is 4.90. The molecule has 160 valence electrons. The summed E-state index contributed by atoms with van der Waals surface area (Å²) in [7, 11) is 0. The SMILES string of the molecule is O=C(NN(C(=O)c1ccccc1)C1CC(=O)N(c2cccc(F)c2)C1=O)c1ccncc1. The number of carbonyl (C=O) groups is 4. The van der Waals surface area contributed by atoms with E-state index in [1.165, 1.54) is 54.9 Å². The molecule has 0 saturated carbocycles. The molecular weight excluding hydrogens is 415 g/mol. The van der Waals surface area contributed by atoms with Crippen molar-refractivity contribution in [2.45, 2.75) is 12.5 Å². The normalized spacial score (nSPS) is 15.5. The molecule has 1 saturated heterocycles.